The van der Waals surface area contributed by atoms with E-state index < -0.39 is 0 Å². The van der Waals surface area contributed by atoms with Crippen LogP contribution in [0.1, 0.15) is 75.6 Å². The molecule has 0 unspecified atom stereocenters. The minimum atomic E-state index is 0.0435. The van der Waals surface area contributed by atoms with Gasteiger partial charge in [0.05, 0.1) is 24.9 Å². The lowest BCUT2D eigenvalue weighted by Gasteiger charge is -2.35. The van der Waals surface area contributed by atoms with Crippen LogP contribution < -0.4 is 10.9 Å². The van der Waals surface area contributed by atoms with Crippen LogP contribution in [0.25, 0.3) is 0 Å². The quantitative estimate of drug-likeness (QED) is 0.915. The second-order valence-electron chi connectivity index (χ2n) is 8.33. The summed E-state index contributed by atoms with van der Waals surface area (Å²) in [6, 6.07) is 3.35. The summed E-state index contributed by atoms with van der Waals surface area (Å²) in [5.41, 5.74) is 2.08. The van der Waals surface area contributed by atoms with Crippen molar-refractivity contribution in [2.75, 3.05) is 6.61 Å². The van der Waals surface area contributed by atoms with Gasteiger partial charge in [-0.05, 0) is 57.3 Å². The topological polar surface area (TPSA) is 56.2 Å². The summed E-state index contributed by atoms with van der Waals surface area (Å²) < 4.78 is 7.20. The minimum Gasteiger partial charge on any atom is -0.376 e. The third-order valence-electron chi connectivity index (χ3n) is 6.39. The number of nitrogens with one attached hydrogen (secondary N) is 1. The Kier molecular flexibility index (Phi) is 5.23. The first kappa shape index (κ1) is 17.2. The van der Waals surface area contributed by atoms with E-state index in [1.807, 2.05) is 0 Å². The Morgan fingerprint density at radius 3 is 2.48 bits per heavy atom. The predicted molar refractivity (Wildman–Crippen MR) is 97.7 cm³/mol. The molecular formula is C20H31N3O2. The fraction of sp³-hybridized carbons (Fsp3) is 0.800. The van der Waals surface area contributed by atoms with E-state index in [1.165, 1.54) is 25.7 Å². The van der Waals surface area contributed by atoms with Crippen molar-refractivity contribution >= 4 is 0 Å². The van der Waals surface area contributed by atoms with Crippen LogP contribution in [0.15, 0.2) is 10.9 Å². The third kappa shape index (κ3) is 3.98. The van der Waals surface area contributed by atoms with Gasteiger partial charge in [-0.25, -0.2) is 4.68 Å². The van der Waals surface area contributed by atoms with Crippen LogP contribution in [-0.2, 0) is 17.8 Å². The monoisotopic (exact) mass is 345 g/mol. The van der Waals surface area contributed by atoms with Gasteiger partial charge in [-0.3, -0.25) is 4.79 Å². The number of rotatable bonds is 3. The summed E-state index contributed by atoms with van der Waals surface area (Å²) in [6.45, 7) is 3.63. The molecule has 0 bridgehead atoms. The van der Waals surface area contributed by atoms with E-state index in [9.17, 15) is 4.79 Å². The number of nitrogens with zero attached hydrogens (tertiary/aromatic N) is 2. The number of hydrogen-bond donors (Lipinski definition) is 1. The molecular weight excluding hydrogens is 314 g/mol. The van der Waals surface area contributed by atoms with E-state index in [0.29, 0.717) is 18.7 Å². The smallest absolute Gasteiger partial charge is 0.267 e. The summed E-state index contributed by atoms with van der Waals surface area (Å²) in [5, 5.41) is 8.58. The Morgan fingerprint density at radius 2 is 1.76 bits per heavy atom. The lowest BCUT2D eigenvalue weighted by molar-refractivity contribution is 0.107. The van der Waals surface area contributed by atoms with Crippen molar-refractivity contribution in [3.63, 3.8) is 0 Å². The lowest BCUT2D eigenvalue weighted by atomic mass is 9.85. The van der Waals surface area contributed by atoms with Crippen molar-refractivity contribution < 1.29 is 4.74 Å². The largest absolute Gasteiger partial charge is 0.376 e. The Morgan fingerprint density at radius 1 is 1.08 bits per heavy atom. The first-order valence-electron chi connectivity index (χ1n) is 10.1. The van der Waals surface area contributed by atoms with Gasteiger partial charge in [-0.2, -0.15) is 5.10 Å². The van der Waals surface area contributed by atoms with Gasteiger partial charge in [0.2, 0.25) is 0 Å². The first-order valence-corrected chi connectivity index (χ1v) is 10.1. The molecule has 0 spiro atoms. The molecule has 1 aliphatic heterocycles. The highest BCUT2D eigenvalue weighted by atomic mass is 16.5. The Balaban J connectivity index is 1.35. The molecule has 3 aliphatic rings. The van der Waals surface area contributed by atoms with Gasteiger partial charge in [-0.15, -0.1) is 0 Å². The molecule has 1 aromatic heterocycles. The van der Waals surface area contributed by atoms with Crippen LogP contribution in [0, 0.1) is 5.92 Å². The minimum absolute atomic E-state index is 0.0435. The Labute approximate surface area is 150 Å². The number of aromatic nitrogens is 2. The zero-order chi connectivity index (χ0) is 17.2. The van der Waals surface area contributed by atoms with Gasteiger partial charge < -0.3 is 10.1 Å². The molecule has 0 atom stereocenters. The first-order chi connectivity index (χ1) is 12.2. The molecule has 4 rings (SSSR count). The molecule has 1 aromatic rings. The van der Waals surface area contributed by atoms with Crippen molar-refractivity contribution in [2.24, 2.45) is 5.92 Å². The lowest BCUT2D eigenvalue weighted by Crippen LogP contribution is -2.43. The van der Waals surface area contributed by atoms with Crippen LogP contribution >= 0.6 is 0 Å². The summed E-state index contributed by atoms with van der Waals surface area (Å²) in [6.07, 6.45) is 10.6. The van der Waals surface area contributed by atoms with Gasteiger partial charge in [0, 0.05) is 30.1 Å². The standard InChI is InChI=1S/C20H31N3O2/c1-14-2-4-16(5-3-14)21-17-6-8-18(9-7-17)23-20(24)12-15-13-25-11-10-19(15)22-23/h12,14,16-18,21H,2-11,13H2,1H3. The SMILES string of the molecule is CC1CCC(NC2CCC(n3nc4c(cc3=O)COCC4)CC2)CC1. The van der Waals surface area contributed by atoms with Crippen LogP contribution in [0.2, 0.25) is 0 Å². The average Bonchev–Trinajstić information content (AvgIpc) is 2.64. The second-order valence-corrected chi connectivity index (χ2v) is 8.33. The van der Waals surface area contributed by atoms with E-state index in [1.54, 1.807) is 10.7 Å². The third-order valence-corrected chi connectivity index (χ3v) is 6.39. The van der Waals surface area contributed by atoms with Crippen LogP contribution in [0.3, 0.4) is 0 Å². The van der Waals surface area contributed by atoms with Gasteiger partial charge in [-0.1, -0.05) is 6.92 Å². The average molecular weight is 345 g/mol. The molecule has 138 valence electrons. The maximum absolute atomic E-state index is 12.4. The molecule has 2 saturated carbocycles. The molecule has 0 radical (unpaired) electrons. The Hall–Kier alpha value is -1.20. The molecule has 2 heterocycles. The summed E-state index contributed by atoms with van der Waals surface area (Å²) in [7, 11) is 0. The molecule has 0 amide bonds. The highest BCUT2D eigenvalue weighted by Gasteiger charge is 2.27. The van der Waals surface area contributed by atoms with E-state index in [-0.39, 0.29) is 11.6 Å². The van der Waals surface area contributed by atoms with Crippen molar-refractivity contribution in [3.8, 4) is 0 Å². The summed E-state index contributed by atoms with van der Waals surface area (Å²) in [4.78, 5) is 12.4. The molecule has 2 aliphatic carbocycles. The van der Waals surface area contributed by atoms with Gasteiger partial charge in [0.15, 0.2) is 0 Å². The Bertz CT molecular complexity index is 641. The highest BCUT2D eigenvalue weighted by Crippen LogP contribution is 2.30. The highest BCUT2D eigenvalue weighted by molar-refractivity contribution is 5.19. The molecule has 0 saturated heterocycles. The molecule has 25 heavy (non-hydrogen) atoms. The van der Waals surface area contributed by atoms with Crippen LogP contribution in [0.5, 0.6) is 0 Å². The number of fused-ring (bicyclic) bond motifs is 1. The zero-order valence-electron chi connectivity index (χ0n) is 15.4. The predicted octanol–water partition coefficient (Wildman–Crippen LogP) is 2.97. The zero-order valence-corrected chi connectivity index (χ0v) is 15.4. The molecule has 5 heteroatoms. The van der Waals surface area contributed by atoms with Gasteiger partial charge in [0.1, 0.15) is 0 Å². The van der Waals surface area contributed by atoms with Crippen molar-refractivity contribution in [1.29, 1.82) is 0 Å². The van der Waals surface area contributed by atoms with Crippen LogP contribution in [-0.4, -0.2) is 28.5 Å². The van der Waals surface area contributed by atoms with E-state index >= 15 is 0 Å². The molecule has 1 N–H and O–H groups in total. The summed E-state index contributed by atoms with van der Waals surface area (Å²) >= 11 is 0. The van der Waals surface area contributed by atoms with E-state index in [2.05, 4.69) is 17.3 Å². The molecule has 5 nitrogen and oxygen atoms in total. The second kappa shape index (κ2) is 7.58. The number of ether oxygens (including phenoxy) is 1. The fourth-order valence-corrected chi connectivity index (χ4v) is 4.74. The van der Waals surface area contributed by atoms with Crippen LogP contribution in [0.4, 0.5) is 0 Å². The van der Waals surface area contributed by atoms with E-state index in [4.69, 9.17) is 4.74 Å². The van der Waals surface area contributed by atoms with E-state index in [0.717, 1.165) is 55.9 Å². The summed E-state index contributed by atoms with van der Waals surface area (Å²) in [5.74, 6) is 0.904. The molecule has 0 aromatic carbocycles. The molecule has 2 fully saturated rings. The maximum atomic E-state index is 12.4. The fourth-order valence-electron chi connectivity index (χ4n) is 4.74. The van der Waals surface area contributed by atoms with Gasteiger partial charge in [0.25, 0.3) is 5.56 Å². The van der Waals surface area contributed by atoms with Gasteiger partial charge >= 0.3 is 0 Å². The number of hydrogen-bond acceptors (Lipinski definition) is 4. The van der Waals surface area contributed by atoms with Crippen molar-refractivity contribution in [2.45, 2.75) is 89.4 Å². The normalized spacial score (nSPS) is 33.0. The maximum Gasteiger partial charge on any atom is 0.267 e. The van der Waals surface area contributed by atoms with Crippen molar-refractivity contribution in [3.05, 3.63) is 27.7 Å². The van der Waals surface area contributed by atoms with Crippen molar-refractivity contribution in [1.82, 2.24) is 15.1 Å².